The summed E-state index contributed by atoms with van der Waals surface area (Å²) in [4.78, 5) is 10.8. The molecule has 1 aromatic rings. The number of carbonyl (C=O) groups is 1. The van der Waals surface area contributed by atoms with Gasteiger partial charge >= 0.3 is 0 Å². The molecule has 1 nitrogen and oxygen atoms in total. The molecule has 13 heavy (non-hydrogen) atoms. The Hall–Kier alpha value is -1.51. The molecule has 0 atom stereocenters. The lowest BCUT2D eigenvalue weighted by molar-refractivity contribution is 0.101. The van der Waals surface area contributed by atoms with E-state index in [0.29, 0.717) is 11.1 Å². The Balaban J connectivity index is 2.94. The first-order chi connectivity index (χ1) is 6.09. The fourth-order valence-corrected chi connectivity index (χ4v) is 0.940. The van der Waals surface area contributed by atoms with Crippen LogP contribution in [0.3, 0.4) is 0 Å². The molecule has 0 aliphatic heterocycles. The summed E-state index contributed by atoms with van der Waals surface area (Å²) in [6.07, 6.45) is -0.986. The predicted molar refractivity (Wildman–Crippen MR) is 46.6 cm³/mol. The molecule has 0 fully saturated rings. The Morgan fingerprint density at radius 1 is 1.23 bits per heavy atom. The van der Waals surface area contributed by atoms with E-state index in [1.165, 1.54) is 31.2 Å². The summed E-state index contributed by atoms with van der Waals surface area (Å²) in [6, 6.07) is 6.01. The molecule has 0 aliphatic carbocycles. The Labute approximate surface area is 74.7 Å². The summed E-state index contributed by atoms with van der Waals surface area (Å²) in [5.74, 6) is -0.0729. The van der Waals surface area contributed by atoms with Crippen molar-refractivity contribution in [3.05, 3.63) is 41.5 Å². The molecular formula is C10H8F2O. The number of hydrogen-bond donors (Lipinski definition) is 0. The summed E-state index contributed by atoms with van der Waals surface area (Å²) in [5.41, 5.74) is 0.918. The van der Waals surface area contributed by atoms with Gasteiger partial charge in [-0.05, 0) is 12.5 Å². The highest BCUT2D eigenvalue weighted by Crippen LogP contribution is 2.10. The number of rotatable bonds is 2. The Bertz CT molecular complexity index is 334. The molecule has 0 aromatic heterocycles. The van der Waals surface area contributed by atoms with Crippen molar-refractivity contribution in [1.82, 2.24) is 0 Å². The second-order valence-corrected chi connectivity index (χ2v) is 2.61. The number of hydrogen-bond acceptors (Lipinski definition) is 1. The Morgan fingerprint density at radius 3 is 2.15 bits per heavy atom. The lowest BCUT2D eigenvalue weighted by Crippen LogP contribution is -1.90. The molecule has 0 saturated carbocycles. The van der Waals surface area contributed by atoms with Gasteiger partial charge in [-0.15, -0.1) is 0 Å². The third-order valence-electron chi connectivity index (χ3n) is 1.59. The Kier molecular flexibility index (Phi) is 2.90. The van der Waals surface area contributed by atoms with Crippen LogP contribution in [-0.2, 0) is 0 Å². The maximum absolute atomic E-state index is 11.8. The maximum Gasteiger partial charge on any atom is 0.270 e. The highest BCUT2D eigenvalue weighted by Gasteiger charge is 1.98. The third-order valence-corrected chi connectivity index (χ3v) is 1.59. The first kappa shape index (κ1) is 9.58. The molecule has 1 aromatic carbocycles. The summed E-state index contributed by atoms with van der Waals surface area (Å²) in [6.45, 7) is 1.43. The summed E-state index contributed by atoms with van der Waals surface area (Å²) in [7, 11) is 0. The SMILES string of the molecule is CC(=O)c1ccc(C=C(F)F)cc1. The molecule has 0 bridgehead atoms. The van der Waals surface area contributed by atoms with Crippen molar-refractivity contribution < 1.29 is 13.6 Å². The average molecular weight is 182 g/mol. The summed E-state index contributed by atoms with van der Waals surface area (Å²) >= 11 is 0. The van der Waals surface area contributed by atoms with Crippen LogP contribution < -0.4 is 0 Å². The lowest BCUT2D eigenvalue weighted by Gasteiger charge is -1.95. The minimum absolute atomic E-state index is 0.0729. The molecule has 0 heterocycles. The van der Waals surface area contributed by atoms with Gasteiger partial charge in [0.1, 0.15) is 0 Å². The first-order valence-corrected chi connectivity index (χ1v) is 3.73. The number of ketones is 1. The topological polar surface area (TPSA) is 17.1 Å². The van der Waals surface area contributed by atoms with Crippen molar-refractivity contribution in [2.24, 2.45) is 0 Å². The van der Waals surface area contributed by atoms with Crippen LogP contribution in [0.5, 0.6) is 0 Å². The van der Waals surface area contributed by atoms with Gasteiger partial charge in [0, 0.05) is 11.6 Å². The third kappa shape index (κ3) is 2.78. The highest BCUT2D eigenvalue weighted by molar-refractivity contribution is 5.94. The van der Waals surface area contributed by atoms with Crippen LogP contribution in [0.2, 0.25) is 0 Å². The molecule has 0 N–H and O–H groups in total. The van der Waals surface area contributed by atoms with Crippen molar-refractivity contribution in [2.75, 3.05) is 0 Å². The van der Waals surface area contributed by atoms with Gasteiger partial charge in [-0.25, -0.2) is 0 Å². The van der Waals surface area contributed by atoms with Crippen molar-refractivity contribution >= 4 is 11.9 Å². The van der Waals surface area contributed by atoms with Gasteiger partial charge in [0.2, 0.25) is 0 Å². The number of Topliss-reactive ketones (excluding diaryl/α,β-unsaturated/α-hetero) is 1. The van der Waals surface area contributed by atoms with Crippen LogP contribution in [0.1, 0.15) is 22.8 Å². The highest BCUT2D eigenvalue weighted by atomic mass is 19.3. The molecule has 68 valence electrons. The Morgan fingerprint density at radius 2 is 1.77 bits per heavy atom. The van der Waals surface area contributed by atoms with E-state index in [1.54, 1.807) is 0 Å². The lowest BCUT2D eigenvalue weighted by atomic mass is 10.1. The van der Waals surface area contributed by atoms with Crippen LogP contribution in [0.4, 0.5) is 8.78 Å². The van der Waals surface area contributed by atoms with Gasteiger partial charge in [0.15, 0.2) is 5.78 Å². The van der Waals surface area contributed by atoms with E-state index in [4.69, 9.17) is 0 Å². The summed E-state index contributed by atoms with van der Waals surface area (Å²) < 4.78 is 23.5. The minimum atomic E-state index is -1.74. The van der Waals surface area contributed by atoms with Crippen LogP contribution in [-0.4, -0.2) is 5.78 Å². The van der Waals surface area contributed by atoms with Gasteiger partial charge in [-0.3, -0.25) is 4.79 Å². The summed E-state index contributed by atoms with van der Waals surface area (Å²) in [5, 5.41) is 0. The van der Waals surface area contributed by atoms with Crippen LogP contribution in [0.25, 0.3) is 6.08 Å². The van der Waals surface area contributed by atoms with Gasteiger partial charge in [-0.2, -0.15) is 8.78 Å². The van der Waals surface area contributed by atoms with Crippen LogP contribution in [0.15, 0.2) is 30.3 Å². The zero-order valence-corrected chi connectivity index (χ0v) is 7.05. The largest absolute Gasteiger partial charge is 0.295 e. The standard InChI is InChI=1S/C10H8F2O/c1-7(13)9-4-2-8(3-5-9)6-10(11)12/h2-6H,1H3. The second kappa shape index (κ2) is 3.94. The number of benzene rings is 1. The number of halogens is 2. The first-order valence-electron chi connectivity index (χ1n) is 3.73. The zero-order chi connectivity index (χ0) is 9.84. The zero-order valence-electron chi connectivity index (χ0n) is 7.05. The van der Waals surface area contributed by atoms with Gasteiger partial charge in [-0.1, -0.05) is 24.3 Å². The van der Waals surface area contributed by atoms with Crippen molar-refractivity contribution in [3.63, 3.8) is 0 Å². The van der Waals surface area contributed by atoms with E-state index in [2.05, 4.69) is 0 Å². The molecule has 0 unspecified atom stereocenters. The van der Waals surface area contributed by atoms with Gasteiger partial charge in [0.25, 0.3) is 6.08 Å². The van der Waals surface area contributed by atoms with E-state index in [9.17, 15) is 13.6 Å². The van der Waals surface area contributed by atoms with E-state index in [0.717, 1.165) is 6.08 Å². The second-order valence-electron chi connectivity index (χ2n) is 2.61. The molecule has 0 saturated heterocycles. The fourth-order valence-electron chi connectivity index (χ4n) is 0.940. The number of carbonyl (C=O) groups excluding carboxylic acids is 1. The average Bonchev–Trinajstić information content (AvgIpc) is 2.04. The normalized spacial score (nSPS) is 9.46. The molecule has 1 rings (SSSR count). The van der Waals surface area contributed by atoms with Gasteiger partial charge in [0.05, 0.1) is 0 Å². The quantitative estimate of drug-likeness (QED) is 0.642. The molecular weight excluding hydrogens is 174 g/mol. The van der Waals surface area contributed by atoms with Gasteiger partial charge < -0.3 is 0 Å². The molecule has 0 aliphatic rings. The van der Waals surface area contributed by atoms with E-state index in [1.807, 2.05) is 0 Å². The van der Waals surface area contributed by atoms with Crippen molar-refractivity contribution in [3.8, 4) is 0 Å². The van der Waals surface area contributed by atoms with Crippen LogP contribution in [0, 0.1) is 0 Å². The van der Waals surface area contributed by atoms with Crippen LogP contribution >= 0.6 is 0 Å². The minimum Gasteiger partial charge on any atom is -0.295 e. The maximum atomic E-state index is 11.8. The van der Waals surface area contributed by atoms with E-state index < -0.39 is 6.08 Å². The van der Waals surface area contributed by atoms with E-state index in [-0.39, 0.29) is 5.78 Å². The molecule has 0 amide bonds. The molecule has 0 radical (unpaired) electrons. The fraction of sp³-hybridized carbons (Fsp3) is 0.100. The molecule has 0 spiro atoms. The predicted octanol–water partition coefficient (Wildman–Crippen LogP) is 3.13. The van der Waals surface area contributed by atoms with E-state index >= 15 is 0 Å². The van der Waals surface area contributed by atoms with Crippen molar-refractivity contribution in [2.45, 2.75) is 6.92 Å². The monoisotopic (exact) mass is 182 g/mol. The van der Waals surface area contributed by atoms with Crippen molar-refractivity contribution in [1.29, 1.82) is 0 Å². The molecule has 3 heteroatoms. The smallest absolute Gasteiger partial charge is 0.270 e.